The van der Waals surface area contributed by atoms with Crippen molar-refractivity contribution in [2.24, 2.45) is 5.73 Å². The van der Waals surface area contributed by atoms with Crippen molar-refractivity contribution in [1.82, 2.24) is 4.98 Å². The molecule has 0 radical (unpaired) electrons. The fraction of sp³-hybridized carbons (Fsp3) is 0.600. The van der Waals surface area contributed by atoms with Gasteiger partial charge in [0.1, 0.15) is 0 Å². The average Bonchev–Trinajstić information content (AvgIpc) is 2.55. The van der Waals surface area contributed by atoms with Gasteiger partial charge in [0.25, 0.3) is 0 Å². The van der Waals surface area contributed by atoms with Crippen molar-refractivity contribution in [1.29, 1.82) is 0 Å². The third-order valence-corrected chi connectivity index (χ3v) is 2.18. The molecular weight excluding hydrogens is 162 g/mol. The molecule has 13 heavy (non-hydrogen) atoms. The maximum absolute atomic E-state index is 5.67. The Morgan fingerprint density at radius 2 is 2.38 bits per heavy atom. The topological polar surface area (TPSA) is 45.0 Å². The molecule has 0 spiro atoms. The molecule has 0 amide bonds. The Labute approximate surface area is 79.9 Å². The van der Waals surface area contributed by atoms with Crippen LogP contribution in [0, 0.1) is 0 Å². The number of aromatic amines is 1. The van der Waals surface area contributed by atoms with E-state index in [2.05, 4.69) is 29.9 Å². The van der Waals surface area contributed by atoms with E-state index < -0.39 is 0 Å². The summed E-state index contributed by atoms with van der Waals surface area (Å²) in [4.78, 5) is 5.28. The van der Waals surface area contributed by atoms with Crippen LogP contribution in [0.3, 0.4) is 0 Å². The lowest BCUT2D eigenvalue weighted by Gasteiger charge is -2.17. The number of hydrogen-bond acceptors (Lipinski definition) is 2. The maximum Gasteiger partial charge on any atom is 0.0541 e. The van der Waals surface area contributed by atoms with E-state index in [-0.39, 0.29) is 0 Å². The van der Waals surface area contributed by atoms with Crippen molar-refractivity contribution in [3.63, 3.8) is 0 Å². The fourth-order valence-corrected chi connectivity index (χ4v) is 1.33. The molecule has 3 N–H and O–H groups in total. The second-order valence-corrected chi connectivity index (χ2v) is 3.61. The van der Waals surface area contributed by atoms with E-state index in [0.717, 1.165) is 19.4 Å². The summed E-state index contributed by atoms with van der Waals surface area (Å²) in [6.45, 7) is 3.12. The number of nitrogens with two attached hydrogens (primary N) is 1. The van der Waals surface area contributed by atoms with Gasteiger partial charge < -0.3 is 15.6 Å². The van der Waals surface area contributed by atoms with Crippen molar-refractivity contribution in [2.45, 2.75) is 25.8 Å². The number of hydrogen-bond donors (Lipinski definition) is 2. The highest BCUT2D eigenvalue weighted by atomic mass is 15.1. The Balaban J connectivity index is 2.22. The average molecular weight is 181 g/mol. The van der Waals surface area contributed by atoms with E-state index in [1.54, 1.807) is 0 Å². The summed E-state index contributed by atoms with van der Waals surface area (Å²) in [5.41, 5.74) is 6.91. The van der Waals surface area contributed by atoms with Crippen LogP contribution < -0.4 is 10.6 Å². The van der Waals surface area contributed by atoms with E-state index >= 15 is 0 Å². The third kappa shape index (κ3) is 3.51. The predicted octanol–water partition coefficient (Wildman–Crippen LogP) is 1.58. The molecule has 0 aliphatic carbocycles. The maximum atomic E-state index is 5.67. The van der Waals surface area contributed by atoms with Crippen LogP contribution in [-0.4, -0.2) is 24.6 Å². The Morgan fingerprint density at radius 3 is 2.92 bits per heavy atom. The minimum absolute atomic E-state index is 0.319. The summed E-state index contributed by atoms with van der Waals surface area (Å²) in [6, 6.07) is 2.39. The van der Waals surface area contributed by atoms with Crippen LogP contribution >= 0.6 is 0 Å². The molecule has 3 heteroatoms. The SMILES string of the molecule is CC(N)CCCN(C)c1cc[nH]c1. The van der Waals surface area contributed by atoms with Gasteiger partial charge in [-0.25, -0.2) is 0 Å². The van der Waals surface area contributed by atoms with Gasteiger partial charge in [-0.05, 0) is 25.8 Å². The molecule has 1 aromatic rings. The van der Waals surface area contributed by atoms with E-state index in [1.807, 2.05) is 12.4 Å². The molecule has 0 aromatic carbocycles. The second-order valence-electron chi connectivity index (χ2n) is 3.61. The molecule has 3 nitrogen and oxygen atoms in total. The van der Waals surface area contributed by atoms with Crippen molar-refractivity contribution < 1.29 is 0 Å². The van der Waals surface area contributed by atoms with Gasteiger partial charge in [0, 0.05) is 32.0 Å². The number of nitrogens with zero attached hydrogens (tertiary/aromatic N) is 1. The molecule has 0 aliphatic heterocycles. The fourth-order valence-electron chi connectivity index (χ4n) is 1.33. The number of nitrogens with one attached hydrogen (secondary N) is 1. The molecule has 0 aliphatic rings. The third-order valence-electron chi connectivity index (χ3n) is 2.18. The number of rotatable bonds is 5. The standard InChI is InChI=1S/C10H19N3/c1-9(11)4-3-7-13(2)10-5-6-12-8-10/h5-6,8-9,12H,3-4,7,11H2,1-2H3. The van der Waals surface area contributed by atoms with Gasteiger partial charge >= 0.3 is 0 Å². The Bertz CT molecular complexity index is 216. The summed E-state index contributed by atoms with van der Waals surface area (Å²) in [6.07, 6.45) is 6.19. The van der Waals surface area contributed by atoms with Gasteiger partial charge in [-0.1, -0.05) is 0 Å². The van der Waals surface area contributed by atoms with Gasteiger partial charge in [-0.3, -0.25) is 0 Å². The molecule has 0 fully saturated rings. The van der Waals surface area contributed by atoms with Crippen LogP contribution in [0.2, 0.25) is 0 Å². The first-order valence-electron chi connectivity index (χ1n) is 4.79. The zero-order valence-corrected chi connectivity index (χ0v) is 8.46. The Kier molecular flexibility index (Phi) is 3.83. The molecule has 1 atom stereocenters. The zero-order valence-electron chi connectivity index (χ0n) is 8.46. The summed E-state index contributed by atoms with van der Waals surface area (Å²) in [5, 5.41) is 0. The quantitative estimate of drug-likeness (QED) is 0.724. The normalized spacial score (nSPS) is 12.8. The molecule has 1 aromatic heterocycles. The Hall–Kier alpha value is -0.960. The van der Waals surface area contributed by atoms with Gasteiger partial charge in [0.05, 0.1) is 5.69 Å². The van der Waals surface area contributed by atoms with Crippen LogP contribution in [0.1, 0.15) is 19.8 Å². The van der Waals surface area contributed by atoms with Crippen molar-refractivity contribution in [3.05, 3.63) is 18.5 Å². The van der Waals surface area contributed by atoms with E-state index in [1.165, 1.54) is 5.69 Å². The summed E-state index contributed by atoms with van der Waals surface area (Å²) < 4.78 is 0. The highest BCUT2D eigenvalue weighted by molar-refractivity contribution is 5.42. The predicted molar refractivity (Wildman–Crippen MR) is 56.9 cm³/mol. The molecule has 0 saturated heterocycles. The first-order valence-corrected chi connectivity index (χ1v) is 4.79. The molecular formula is C10H19N3. The number of H-pyrrole nitrogens is 1. The molecule has 1 heterocycles. The first kappa shape index (κ1) is 10.1. The van der Waals surface area contributed by atoms with Crippen LogP contribution in [0.4, 0.5) is 5.69 Å². The minimum Gasteiger partial charge on any atom is -0.373 e. The lowest BCUT2D eigenvalue weighted by Crippen LogP contribution is -2.21. The van der Waals surface area contributed by atoms with Crippen LogP contribution in [0.25, 0.3) is 0 Å². The van der Waals surface area contributed by atoms with Crippen LogP contribution in [-0.2, 0) is 0 Å². The van der Waals surface area contributed by atoms with E-state index in [4.69, 9.17) is 5.73 Å². The van der Waals surface area contributed by atoms with E-state index in [0.29, 0.717) is 6.04 Å². The monoisotopic (exact) mass is 181 g/mol. The summed E-state index contributed by atoms with van der Waals surface area (Å²) in [7, 11) is 2.10. The zero-order chi connectivity index (χ0) is 9.68. The van der Waals surface area contributed by atoms with Crippen molar-refractivity contribution in [3.8, 4) is 0 Å². The molecule has 1 unspecified atom stereocenters. The first-order chi connectivity index (χ1) is 6.20. The van der Waals surface area contributed by atoms with Crippen molar-refractivity contribution in [2.75, 3.05) is 18.5 Å². The molecule has 1 rings (SSSR count). The summed E-state index contributed by atoms with van der Waals surface area (Å²) >= 11 is 0. The highest BCUT2D eigenvalue weighted by Gasteiger charge is 2.00. The number of aromatic nitrogens is 1. The number of anilines is 1. The smallest absolute Gasteiger partial charge is 0.0541 e. The summed E-state index contributed by atoms with van der Waals surface area (Å²) in [5.74, 6) is 0. The van der Waals surface area contributed by atoms with Gasteiger partial charge in [-0.15, -0.1) is 0 Å². The van der Waals surface area contributed by atoms with Gasteiger partial charge in [0.2, 0.25) is 0 Å². The largest absolute Gasteiger partial charge is 0.373 e. The minimum atomic E-state index is 0.319. The second kappa shape index (κ2) is 4.92. The Morgan fingerprint density at radius 1 is 1.62 bits per heavy atom. The highest BCUT2D eigenvalue weighted by Crippen LogP contribution is 2.10. The molecule has 0 saturated carbocycles. The van der Waals surface area contributed by atoms with Gasteiger partial charge in [-0.2, -0.15) is 0 Å². The van der Waals surface area contributed by atoms with Crippen LogP contribution in [0.15, 0.2) is 18.5 Å². The lowest BCUT2D eigenvalue weighted by atomic mass is 10.2. The van der Waals surface area contributed by atoms with Crippen LogP contribution in [0.5, 0.6) is 0 Å². The van der Waals surface area contributed by atoms with Gasteiger partial charge in [0.15, 0.2) is 0 Å². The van der Waals surface area contributed by atoms with Crippen molar-refractivity contribution >= 4 is 5.69 Å². The molecule has 0 bridgehead atoms. The van der Waals surface area contributed by atoms with E-state index in [9.17, 15) is 0 Å². The lowest BCUT2D eigenvalue weighted by molar-refractivity contribution is 0.622. The molecule has 74 valence electrons.